The average molecular weight is 418 g/mol. The van der Waals surface area contributed by atoms with E-state index in [1.165, 1.54) is 0 Å². The van der Waals surface area contributed by atoms with Crippen molar-refractivity contribution in [3.63, 3.8) is 0 Å². The van der Waals surface area contributed by atoms with Crippen molar-refractivity contribution in [3.8, 4) is 11.5 Å². The van der Waals surface area contributed by atoms with Crippen LogP contribution in [-0.4, -0.2) is 53.5 Å². The van der Waals surface area contributed by atoms with Crippen LogP contribution in [0.3, 0.4) is 0 Å². The molecule has 4 aromatic rings. The van der Waals surface area contributed by atoms with Crippen LogP contribution in [0.5, 0.6) is 0 Å². The van der Waals surface area contributed by atoms with Gasteiger partial charge in [0.05, 0.1) is 11.3 Å². The van der Waals surface area contributed by atoms with E-state index in [-0.39, 0.29) is 18.0 Å². The lowest BCUT2D eigenvalue weighted by Gasteiger charge is -2.36. The number of hydrogen-bond acceptors (Lipinski definition) is 5. The van der Waals surface area contributed by atoms with E-state index in [4.69, 9.17) is 10.7 Å². The van der Waals surface area contributed by atoms with Crippen LogP contribution in [0.25, 0.3) is 33.7 Å². The van der Waals surface area contributed by atoms with Crippen molar-refractivity contribution in [1.29, 1.82) is 0 Å². The topological polar surface area (TPSA) is 94.9 Å². The molecule has 0 aliphatic carbocycles. The molecule has 1 fully saturated rings. The first-order valence-corrected chi connectivity index (χ1v) is 10.8. The second kappa shape index (κ2) is 7.46. The largest absolute Gasteiger partial charge is 0.334 e. The molecule has 0 radical (unpaired) electrons. The molecule has 0 spiro atoms. The maximum atomic E-state index is 13.2. The summed E-state index contributed by atoms with van der Waals surface area (Å²) in [6.07, 6.45) is 5.33. The molecule has 4 aromatic heterocycles. The van der Waals surface area contributed by atoms with Gasteiger partial charge in [0.1, 0.15) is 11.2 Å². The Morgan fingerprint density at radius 2 is 2.06 bits per heavy atom. The Kier molecular flexibility index (Phi) is 4.74. The molecule has 1 saturated heterocycles. The molecule has 0 bridgehead atoms. The van der Waals surface area contributed by atoms with Crippen molar-refractivity contribution in [2.75, 3.05) is 6.54 Å². The van der Waals surface area contributed by atoms with Gasteiger partial charge in [0.2, 0.25) is 0 Å². The van der Waals surface area contributed by atoms with Gasteiger partial charge < -0.3 is 19.8 Å². The second-order valence-electron chi connectivity index (χ2n) is 8.40. The summed E-state index contributed by atoms with van der Waals surface area (Å²) >= 11 is 0. The fourth-order valence-corrected chi connectivity index (χ4v) is 4.60. The molecule has 160 valence electrons. The van der Waals surface area contributed by atoms with Crippen LogP contribution >= 0.6 is 0 Å². The fraction of sp³-hybridized carbons (Fsp3) is 0.391. The van der Waals surface area contributed by atoms with Gasteiger partial charge in [-0.3, -0.25) is 4.79 Å². The first-order valence-electron chi connectivity index (χ1n) is 10.8. The third-order valence-corrected chi connectivity index (χ3v) is 6.34. The molecule has 1 aliphatic heterocycles. The van der Waals surface area contributed by atoms with E-state index in [1.807, 2.05) is 28.6 Å². The van der Waals surface area contributed by atoms with Crippen molar-refractivity contribution in [1.82, 2.24) is 29.0 Å². The zero-order valence-corrected chi connectivity index (χ0v) is 18.1. The number of likely N-dealkylation sites (tertiary alicyclic amines) is 1. The molecule has 2 atom stereocenters. The molecule has 8 heteroatoms. The number of carbonyl (C=O) groups is 1. The Labute approximate surface area is 180 Å². The van der Waals surface area contributed by atoms with Crippen LogP contribution in [0.1, 0.15) is 37.0 Å². The Hall–Kier alpha value is -3.26. The molecular weight excluding hydrogens is 390 g/mol. The van der Waals surface area contributed by atoms with Crippen LogP contribution in [0, 0.1) is 0 Å². The molecule has 5 rings (SSSR count). The van der Waals surface area contributed by atoms with Gasteiger partial charge in [-0.2, -0.15) is 0 Å². The van der Waals surface area contributed by atoms with E-state index in [0.29, 0.717) is 17.6 Å². The molecule has 8 nitrogen and oxygen atoms in total. The zero-order chi connectivity index (χ0) is 21.7. The number of imidazole rings is 1. The molecule has 2 unspecified atom stereocenters. The minimum Gasteiger partial charge on any atom is -0.334 e. The molecule has 1 amide bonds. The summed E-state index contributed by atoms with van der Waals surface area (Å²) in [5.74, 6) is 0.774. The van der Waals surface area contributed by atoms with E-state index < -0.39 is 0 Å². The number of pyridine rings is 2. The predicted octanol–water partition coefficient (Wildman–Crippen LogP) is 2.96. The minimum atomic E-state index is -0.0314. The van der Waals surface area contributed by atoms with Gasteiger partial charge in [-0.25, -0.2) is 15.0 Å². The van der Waals surface area contributed by atoms with E-state index in [0.717, 1.165) is 47.6 Å². The third kappa shape index (κ3) is 3.18. The highest BCUT2D eigenvalue weighted by atomic mass is 16.2. The highest BCUT2D eigenvalue weighted by Gasteiger charge is 2.28. The molecule has 0 aromatic carbocycles. The monoisotopic (exact) mass is 417 g/mol. The SMILES string of the molecule is CCn1c(-c2nc3cc(C(=O)N4CC(N)CCC4C)cnc3n2C)cc2cccnc21. The van der Waals surface area contributed by atoms with Crippen LogP contribution in [0.4, 0.5) is 0 Å². The van der Waals surface area contributed by atoms with Crippen molar-refractivity contribution < 1.29 is 4.79 Å². The van der Waals surface area contributed by atoms with Gasteiger partial charge in [0.15, 0.2) is 11.5 Å². The highest BCUT2D eigenvalue weighted by Crippen LogP contribution is 2.29. The van der Waals surface area contributed by atoms with E-state index in [9.17, 15) is 4.79 Å². The van der Waals surface area contributed by atoms with Crippen molar-refractivity contribution >= 4 is 28.1 Å². The number of nitrogens with two attached hydrogens (primary N) is 1. The summed E-state index contributed by atoms with van der Waals surface area (Å²) in [5.41, 5.74) is 10.0. The lowest BCUT2D eigenvalue weighted by molar-refractivity contribution is 0.0612. The number of nitrogens with zero attached hydrogens (tertiary/aromatic N) is 6. The second-order valence-corrected chi connectivity index (χ2v) is 8.40. The van der Waals surface area contributed by atoms with Crippen molar-refractivity contribution in [2.45, 2.75) is 45.3 Å². The summed E-state index contributed by atoms with van der Waals surface area (Å²) < 4.78 is 4.13. The highest BCUT2D eigenvalue weighted by molar-refractivity contribution is 5.97. The van der Waals surface area contributed by atoms with Gasteiger partial charge >= 0.3 is 0 Å². The lowest BCUT2D eigenvalue weighted by atomic mass is 9.99. The average Bonchev–Trinajstić information content (AvgIpc) is 3.31. The normalized spacial score (nSPS) is 19.4. The maximum absolute atomic E-state index is 13.2. The minimum absolute atomic E-state index is 0.0304. The van der Waals surface area contributed by atoms with E-state index in [1.54, 1.807) is 12.4 Å². The molecule has 0 saturated carbocycles. The standard InChI is InChI=1S/C23H27N7O/c1-4-29-19(11-15-6-5-9-25-20(15)29)22-27-18-10-16(12-26-21(18)28(22)3)23(31)30-13-17(24)8-7-14(30)2/h5-6,9-12,14,17H,4,7-8,13,24H2,1-3H3. The number of piperidine rings is 1. The van der Waals surface area contributed by atoms with Crippen LogP contribution in [0.2, 0.25) is 0 Å². The van der Waals surface area contributed by atoms with Gasteiger partial charge in [-0.05, 0) is 51.0 Å². The molecule has 31 heavy (non-hydrogen) atoms. The van der Waals surface area contributed by atoms with E-state index >= 15 is 0 Å². The Morgan fingerprint density at radius 3 is 2.87 bits per heavy atom. The summed E-state index contributed by atoms with van der Waals surface area (Å²) in [5, 5.41) is 1.07. The molecule has 5 heterocycles. The quantitative estimate of drug-likeness (QED) is 0.553. The molecule has 1 aliphatic rings. The lowest BCUT2D eigenvalue weighted by Crippen LogP contribution is -2.50. The maximum Gasteiger partial charge on any atom is 0.255 e. The predicted molar refractivity (Wildman–Crippen MR) is 121 cm³/mol. The van der Waals surface area contributed by atoms with E-state index in [2.05, 4.69) is 40.5 Å². The Balaban J connectivity index is 1.57. The number of amides is 1. The zero-order valence-electron chi connectivity index (χ0n) is 18.1. The van der Waals surface area contributed by atoms with Crippen LogP contribution in [0.15, 0.2) is 36.7 Å². The number of aryl methyl sites for hydroxylation is 2. The third-order valence-electron chi connectivity index (χ3n) is 6.34. The van der Waals surface area contributed by atoms with Crippen LogP contribution in [-0.2, 0) is 13.6 Å². The summed E-state index contributed by atoms with van der Waals surface area (Å²) in [7, 11) is 1.95. The Morgan fingerprint density at radius 1 is 1.23 bits per heavy atom. The molecular formula is C23H27N7O. The number of carbonyl (C=O) groups excluding carboxylic acids is 1. The smallest absolute Gasteiger partial charge is 0.255 e. The fourth-order valence-electron chi connectivity index (χ4n) is 4.60. The number of fused-ring (bicyclic) bond motifs is 2. The summed E-state index contributed by atoms with van der Waals surface area (Å²) in [6, 6.07) is 8.15. The number of rotatable bonds is 3. The number of hydrogen-bond donors (Lipinski definition) is 1. The summed E-state index contributed by atoms with van der Waals surface area (Å²) in [4.78, 5) is 29.0. The van der Waals surface area contributed by atoms with Crippen molar-refractivity contribution in [2.24, 2.45) is 12.8 Å². The Bertz CT molecular complexity index is 1290. The first-order chi connectivity index (χ1) is 15.0. The van der Waals surface area contributed by atoms with Gasteiger partial charge in [0, 0.05) is 50.0 Å². The summed E-state index contributed by atoms with van der Waals surface area (Å²) in [6.45, 7) is 5.53. The van der Waals surface area contributed by atoms with Crippen LogP contribution < -0.4 is 5.73 Å². The number of aromatic nitrogens is 5. The molecule has 2 N–H and O–H groups in total. The van der Waals surface area contributed by atoms with Gasteiger partial charge in [-0.1, -0.05) is 0 Å². The van der Waals surface area contributed by atoms with Crippen molar-refractivity contribution in [3.05, 3.63) is 42.2 Å². The first kappa shape index (κ1) is 19.7. The van der Waals surface area contributed by atoms with Gasteiger partial charge in [-0.15, -0.1) is 0 Å². The van der Waals surface area contributed by atoms with Gasteiger partial charge in [0.25, 0.3) is 5.91 Å².